The zero-order chi connectivity index (χ0) is 10.8. The van der Waals surface area contributed by atoms with Crippen LogP contribution >= 0.6 is 0 Å². The van der Waals surface area contributed by atoms with Crippen LogP contribution in [-0.4, -0.2) is 24.7 Å². The highest BCUT2D eigenvalue weighted by Gasteiger charge is 2.04. The molecule has 0 bridgehead atoms. The van der Waals surface area contributed by atoms with Crippen molar-refractivity contribution in [2.75, 3.05) is 7.11 Å². The predicted molar refractivity (Wildman–Crippen MR) is 47.6 cm³/mol. The van der Waals surface area contributed by atoms with Crippen molar-refractivity contribution >= 4 is 12.4 Å². The minimum absolute atomic E-state index is 0.250. The SMILES string of the molecule is COOC(=O)c1ccccc1.O=CO. The van der Waals surface area contributed by atoms with Gasteiger partial charge in [0.25, 0.3) is 6.47 Å². The maximum atomic E-state index is 10.9. The normalized spacial score (nSPS) is 8.07. The van der Waals surface area contributed by atoms with E-state index in [1.807, 2.05) is 6.07 Å². The predicted octanol–water partition coefficient (Wildman–Crippen LogP) is 1.11. The van der Waals surface area contributed by atoms with E-state index in [1.54, 1.807) is 24.3 Å². The lowest BCUT2D eigenvalue weighted by atomic mass is 10.2. The molecular formula is C9H10O5. The van der Waals surface area contributed by atoms with Crippen molar-refractivity contribution in [2.45, 2.75) is 0 Å². The van der Waals surface area contributed by atoms with E-state index in [9.17, 15) is 4.79 Å². The molecule has 5 nitrogen and oxygen atoms in total. The van der Waals surface area contributed by atoms with Gasteiger partial charge in [0, 0.05) is 0 Å². The van der Waals surface area contributed by atoms with E-state index in [0.717, 1.165) is 0 Å². The van der Waals surface area contributed by atoms with E-state index in [0.29, 0.717) is 5.56 Å². The van der Waals surface area contributed by atoms with E-state index in [2.05, 4.69) is 9.78 Å². The maximum absolute atomic E-state index is 10.9. The molecule has 0 fully saturated rings. The number of hydrogen-bond donors (Lipinski definition) is 1. The molecule has 0 heterocycles. The molecule has 0 spiro atoms. The van der Waals surface area contributed by atoms with Crippen LogP contribution in [0.4, 0.5) is 0 Å². The van der Waals surface area contributed by atoms with Gasteiger partial charge in [-0.05, 0) is 12.1 Å². The average Bonchev–Trinajstić information content (AvgIpc) is 2.21. The van der Waals surface area contributed by atoms with Gasteiger partial charge in [-0.2, -0.15) is 4.89 Å². The molecular weight excluding hydrogens is 188 g/mol. The summed E-state index contributed by atoms with van der Waals surface area (Å²) in [6.07, 6.45) is 0. The second kappa shape index (κ2) is 7.75. The molecule has 1 aromatic rings. The standard InChI is InChI=1S/C8H8O3.CH2O2/c1-10-11-8(9)7-5-3-2-4-6-7;2-1-3/h2-6H,1H3;1H,(H,2,3). The Bertz CT molecular complexity index is 270. The number of rotatable bonds is 2. The Morgan fingerprint density at radius 1 is 1.36 bits per heavy atom. The molecule has 1 aromatic carbocycles. The van der Waals surface area contributed by atoms with Gasteiger partial charge in [0.15, 0.2) is 0 Å². The fourth-order valence-corrected chi connectivity index (χ4v) is 0.698. The monoisotopic (exact) mass is 198 g/mol. The summed E-state index contributed by atoms with van der Waals surface area (Å²) in [6.45, 7) is -0.250. The Balaban J connectivity index is 0.000000500. The lowest BCUT2D eigenvalue weighted by molar-refractivity contribution is -0.216. The summed E-state index contributed by atoms with van der Waals surface area (Å²) >= 11 is 0. The van der Waals surface area contributed by atoms with Crippen molar-refractivity contribution in [1.82, 2.24) is 0 Å². The van der Waals surface area contributed by atoms with Crippen LogP contribution in [0.2, 0.25) is 0 Å². The molecule has 0 amide bonds. The summed E-state index contributed by atoms with van der Waals surface area (Å²) in [5, 5.41) is 6.89. The molecule has 1 rings (SSSR count). The molecule has 0 radical (unpaired) electrons. The van der Waals surface area contributed by atoms with Crippen LogP contribution in [0.1, 0.15) is 10.4 Å². The fraction of sp³-hybridized carbons (Fsp3) is 0.111. The van der Waals surface area contributed by atoms with Gasteiger partial charge in [-0.25, -0.2) is 4.79 Å². The Kier molecular flexibility index (Phi) is 6.71. The molecule has 0 saturated heterocycles. The Morgan fingerprint density at radius 2 is 1.86 bits per heavy atom. The van der Waals surface area contributed by atoms with Crippen LogP contribution in [0.15, 0.2) is 30.3 Å². The minimum atomic E-state index is -0.479. The first-order valence-electron chi connectivity index (χ1n) is 3.64. The van der Waals surface area contributed by atoms with Crippen molar-refractivity contribution in [2.24, 2.45) is 0 Å². The first-order chi connectivity index (χ1) is 6.76. The molecule has 0 unspecified atom stereocenters. The lowest BCUT2D eigenvalue weighted by Gasteiger charge is -1.97. The van der Waals surface area contributed by atoms with Crippen molar-refractivity contribution < 1.29 is 24.5 Å². The topological polar surface area (TPSA) is 72.8 Å². The Hall–Kier alpha value is -1.88. The minimum Gasteiger partial charge on any atom is -0.483 e. The molecule has 0 aliphatic heterocycles. The van der Waals surface area contributed by atoms with Crippen molar-refractivity contribution in [3.8, 4) is 0 Å². The van der Waals surface area contributed by atoms with E-state index in [4.69, 9.17) is 9.90 Å². The summed E-state index contributed by atoms with van der Waals surface area (Å²) in [7, 11) is 1.29. The number of carboxylic acid groups (broad SMARTS) is 1. The average molecular weight is 198 g/mol. The number of benzene rings is 1. The van der Waals surface area contributed by atoms with Gasteiger partial charge in [0.05, 0.1) is 12.7 Å². The van der Waals surface area contributed by atoms with Crippen LogP contribution < -0.4 is 0 Å². The number of carbonyl (C=O) groups excluding carboxylic acids is 1. The molecule has 0 aliphatic rings. The zero-order valence-electron chi connectivity index (χ0n) is 7.54. The Labute approximate surface area is 80.8 Å². The molecule has 76 valence electrons. The van der Waals surface area contributed by atoms with Gasteiger partial charge in [-0.1, -0.05) is 18.2 Å². The highest BCUT2D eigenvalue weighted by atomic mass is 17.2. The smallest absolute Gasteiger partial charge is 0.373 e. The molecule has 5 heteroatoms. The number of carbonyl (C=O) groups is 2. The van der Waals surface area contributed by atoms with Crippen molar-refractivity contribution in [3.63, 3.8) is 0 Å². The zero-order valence-corrected chi connectivity index (χ0v) is 7.54. The van der Waals surface area contributed by atoms with E-state index >= 15 is 0 Å². The van der Waals surface area contributed by atoms with Gasteiger partial charge in [0.1, 0.15) is 0 Å². The second-order valence-electron chi connectivity index (χ2n) is 2.01. The van der Waals surface area contributed by atoms with Gasteiger partial charge in [0.2, 0.25) is 0 Å². The quantitative estimate of drug-likeness (QED) is 0.437. The largest absolute Gasteiger partial charge is 0.483 e. The summed E-state index contributed by atoms with van der Waals surface area (Å²) in [5.74, 6) is -0.479. The summed E-state index contributed by atoms with van der Waals surface area (Å²) in [6, 6.07) is 8.64. The van der Waals surface area contributed by atoms with E-state index < -0.39 is 5.97 Å². The van der Waals surface area contributed by atoms with Crippen LogP contribution in [0.25, 0.3) is 0 Å². The van der Waals surface area contributed by atoms with Gasteiger partial charge in [-0.3, -0.25) is 9.68 Å². The molecule has 14 heavy (non-hydrogen) atoms. The van der Waals surface area contributed by atoms with Crippen LogP contribution in [0.3, 0.4) is 0 Å². The third kappa shape index (κ3) is 4.89. The lowest BCUT2D eigenvalue weighted by Crippen LogP contribution is -2.02. The maximum Gasteiger partial charge on any atom is 0.373 e. The van der Waals surface area contributed by atoms with E-state index in [1.165, 1.54) is 7.11 Å². The first-order valence-corrected chi connectivity index (χ1v) is 3.64. The van der Waals surface area contributed by atoms with Crippen LogP contribution in [0.5, 0.6) is 0 Å². The van der Waals surface area contributed by atoms with Gasteiger partial charge >= 0.3 is 5.97 Å². The molecule has 0 atom stereocenters. The van der Waals surface area contributed by atoms with Gasteiger partial charge in [-0.15, -0.1) is 0 Å². The first kappa shape index (κ1) is 12.1. The van der Waals surface area contributed by atoms with E-state index in [-0.39, 0.29) is 6.47 Å². The molecule has 0 aromatic heterocycles. The third-order valence-corrected chi connectivity index (χ3v) is 1.17. The fourth-order valence-electron chi connectivity index (χ4n) is 0.698. The number of hydrogen-bond acceptors (Lipinski definition) is 4. The molecule has 1 N–H and O–H groups in total. The van der Waals surface area contributed by atoms with Crippen molar-refractivity contribution in [1.29, 1.82) is 0 Å². The van der Waals surface area contributed by atoms with Crippen LogP contribution in [0, 0.1) is 0 Å². The second-order valence-corrected chi connectivity index (χ2v) is 2.01. The summed E-state index contributed by atoms with van der Waals surface area (Å²) in [4.78, 5) is 27.8. The van der Waals surface area contributed by atoms with Crippen molar-refractivity contribution in [3.05, 3.63) is 35.9 Å². The summed E-state index contributed by atoms with van der Waals surface area (Å²) < 4.78 is 0. The van der Waals surface area contributed by atoms with Crippen LogP contribution in [-0.2, 0) is 14.6 Å². The Morgan fingerprint density at radius 3 is 2.29 bits per heavy atom. The highest BCUT2D eigenvalue weighted by molar-refractivity contribution is 5.88. The van der Waals surface area contributed by atoms with Gasteiger partial charge < -0.3 is 5.11 Å². The summed E-state index contributed by atoms with van der Waals surface area (Å²) in [5.41, 5.74) is 0.481. The molecule has 0 aliphatic carbocycles. The third-order valence-electron chi connectivity index (χ3n) is 1.17. The molecule has 0 saturated carbocycles. The highest BCUT2D eigenvalue weighted by Crippen LogP contribution is 2.00.